The number of piperidine rings is 1. The van der Waals surface area contributed by atoms with E-state index in [1.165, 1.54) is 0 Å². The zero-order chi connectivity index (χ0) is 23.9. The molecule has 0 saturated carbocycles. The predicted octanol–water partition coefficient (Wildman–Crippen LogP) is 4.88. The van der Waals surface area contributed by atoms with E-state index in [2.05, 4.69) is 10.2 Å². The molecule has 1 saturated heterocycles. The van der Waals surface area contributed by atoms with Gasteiger partial charge in [-0.2, -0.15) is 0 Å². The van der Waals surface area contributed by atoms with Crippen molar-refractivity contribution >= 4 is 41.6 Å². The van der Waals surface area contributed by atoms with Crippen molar-refractivity contribution in [3.63, 3.8) is 0 Å². The minimum absolute atomic E-state index is 0. The molecule has 0 atom stereocenters. The van der Waals surface area contributed by atoms with Gasteiger partial charge < -0.3 is 10.1 Å². The summed E-state index contributed by atoms with van der Waals surface area (Å²) in [5, 5.41) is 3.03. The topological polar surface area (TPSA) is 79.0 Å². The average molecular weight is 504 g/mol. The Hall–Kier alpha value is -3.68. The first-order valence-electron chi connectivity index (χ1n) is 11.9. The molecular formula is C28H26ClN3O4. The number of benzene rings is 3. The Morgan fingerprint density at radius 2 is 1.58 bits per heavy atom. The summed E-state index contributed by atoms with van der Waals surface area (Å²) in [4.78, 5) is 42.1. The number of carbonyl (C=O) groups excluding carboxylic acids is 3. The van der Waals surface area contributed by atoms with Crippen LogP contribution >= 0.6 is 12.4 Å². The van der Waals surface area contributed by atoms with Gasteiger partial charge in [-0.05, 0) is 30.5 Å². The lowest BCUT2D eigenvalue weighted by molar-refractivity contribution is -0.117. The predicted molar refractivity (Wildman–Crippen MR) is 140 cm³/mol. The van der Waals surface area contributed by atoms with Crippen molar-refractivity contribution in [1.29, 1.82) is 0 Å². The summed E-state index contributed by atoms with van der Waals surface area (Å²) in [6, 6.07) is 20.9. The van der Waals surface area contributed by atoms with Crippen LogP contribution in [0.5, 0.6) is 0 Å². The van der Waals surface area contributed by atoms with Gasteiger partial charge in [-0.1, -0.05) is 54.6 Å². The summed E-state index contributed by atoms with van der Waals surface area (Å²) in [7, 11) is 0. The van der Waals surface area contributed by atoms with Crippen molar-refractivity contribution in [2.24, 2.45) is 0 Å². The van der Waals surface area contributed by atoms with Crippen LogP contribution in [0.4, 0.5) is 16.2 Å². The molecule has 0 radical (unpaired) electrons. The van der Waals surface area contributed by atoms with E-state index < -0.39 is 0 Å². The van der Waals surface area contributed by atoms with Crippen LogP contribution in [0.2, 0.25) is 0 Å². The maximum absolute atomic E-state index is 13.0. The summed E-state index contributed by atoms with van der Waals surface area (Å²) in [6.45, 7) is 1.98. The molecule has 1 aliphatic carbocycles. The van der Waals surface area contributed by atoms with Gasteiger partial charge in [0.15, 0.2) is 5.78 Å². The molecule has 6 rings (SSSR count). The SMILES string of the molecule is Cl.O=C(CN1CCC(N2C(=O)OCc3ccccc32)CC1)Nc1cccc2c1-c1ccccc1C2=O. The number of rotatable bonds is 4. The fourth-order valence-corrected chi connectivity index (χ4v) is 5.43. The number of ether oxygens (including phenoxy) is 1. The molecule has 0 aromatic heterocycles. The number of anilines is 2. The number of likely N-dealkylation sites (tertiary alicyclic amines) is 1. The zero-order valence-corrected chi connectivity index (χ0v) is 20.4. The maximum Gasteiger partial charge on any atom is 0.414 e. The molecule has 0 bridgehead atoms. The standard InChI is InChI=1S/C28H25N3O4.ClH/c32-25(29-23-10-5-9-22-26(23)20-7-2-3-8-21(20)27(22)33)16-30-14-12-19(13-15-30)31-24-11-4-1-6-18(24)17-35-28(31)34;/h1-11,19H,12-17H2,(H,29,32);1H. The van der Waals surface area contributed by atoms with Gasteiger partial charge in [-0.25, -0.2) is 4.79 Å². The molecule has 1 fully saturated rings. The highest BCUT2D eigenvalue weighted by molar-refractivity contribution is 6.24. The number of halogens is 1. The van der Waals surface area contributed by atoms with Crippen molar-refractivity contribution in [2.75, 3.05) is 29.9 Å². The van der Waals surface area contributed by atoms with E-state index in [9.17, 15) is 14.4 Å². The number of hydrogen-bond acceptors (Lipinski definition) is 5. The summed E-state index contributed by atoms with van der Waals surface area (Å²) < 4.78 is 5.38. The van der Waals surface area contributed by atoms with Gasteiger partial charge in [-0.15, -0.1) is 12.4 Å². The van der Waals surface area contributed by atoms with Crippen LogP contribution in [-0.4, -0.2) is 48.4 Å². The van der Waals surface area contributed by atoms with E-state index in [-0.39, 0.29) is 42.8 Å². The van der Waals surface area contributed by atoms with E-state index in [0.717, 1.165) is 35.2 Å². The molecule has 1 N–H and O–H groups in total. The van der Waals surface area contributed by atoms with Gasteiger partial charge in [0.25, 0.3) is 0 Å². The number of carbonyl (C=O) groups is 3. The quantitative estimate of drug-likeness (QED) is 0.429. The summed E-state index contributed by atoms with van der Waals surface area (Å²) in [5.41, 5.74) is 5.55. The van der Waals surface area contributed by atoms with Crippen molar-refractivity contribution in [1.82, 2.24) is 4.90 Å². The number of hydrogen-bond donors (Lipinski definition) is 1. The molecule has 2 amide bonds. The van der Waals surface area contributed by atoms with Crippen LogP contribution in [0.15, 0.2) is 66.7 Å². The smallest absolute Gasteiger partial charge is 0.414 e. The van der Waals surface area contributed by atoms with Gasteiger partial charge in [0.05, 0.1) is 12.2 Å². The number of nitrogens with zero attached hydrogens (tertiary/aromatic N) is 2. The van der Waals surface area contributed by atoms with E-state index in [4.69, 9.17) is 4.74 Å². The minimum atomic E-state index is -0.298. The van der Waals surface area contributed by atoms with Gasteiger partial charge >= 0.3 is 6.09 Å². The number of amides is 2. The molecule has 3 aliphatic rings. The summed E-state index contributed by atoms with van der Waals surface area (Å²) in [5.74, 6) is -0.122. The van der Waals surface area contributed by atoms with Crippen molar-refractivity contribution in [3.8, 4) is 11.1 Å². The van der Waals surface area contributed by atoms with Gasteiger partial charge in [0, 0.05) is 47.1 Å². The number of ketones is 1. The van der Waals surface area contributed by atoms with Gasteiger partial charge in [0.2, 0.25) is 5.91 Å². The molecule has 7 nitrogen and oxygen atoms in total. The third kappa shape index (κ3) is 4.14. The molecule has 2 aliphatic heterocycles. The van der Waals surface area contributed by atoms with Crippen molar-refractivity contribution in [2.45, 2.75) is 25.5 Å². The number of para-hydroxylation sites is 1. The second-order valence-corrected chi connectivity index (χ2v) is 9.21. The van der Waals surface area contributed by atoms with Crippen molar-refractivity contribution in [3.05, 3.63) is 83.4 Å². The highest BCUT2D eigenvalue weighted by atomic mass is 35.5. The Bertz CT molecular complexity index is 1350. The maximum atomic E-state index is 13.0. The van der Waals surface area contributed by atoms with E-state index >= 15 is 0 Å². The molecule has 3 aromatic rings. The Kier molecular flexibility index (Phi) is 6.51. The minimum Gasteiger partial charge on any atom is -0.444 e. The van der Waals surface area contributed by atoms with Gasteiger partial charge in [-0.3, -0.25) is 19.4 Å². The Balaban J connectivity index is 0.00000267. The molecule has 3 aromatic carbocycles. The zero-order valence-electron chi connectivity index (χ0n) is 19.6. The fraction of sp³-hybridized carbons (Fsp3) is 0.250. The van der Waals surface area contributed by atoms with Crippen molar-refractivity contribution < 1.29 is 19.1 Å². The third-order valence-electron chi connectivity index (χ3n) is 7.11. The Morgan fingerprint density at radius 1 is 0.889 bits per heavy atom. The highest BCUT2D eigenvalue weighted by Gasteiger charge is 2.34. The first-order chi connectivity index (χ1) is 17.1. The van der Waals surface area contributed by atoms with Crippen LogP contribution in [0.1, 0.15) is 34.3 Å². The largest absolute Gasteiger partial charge is 0.444 e. The number of nitrogens with one attached hydrogen (secondary N) is 1. The van der Waals surface area contributed by atoms with Crippen LogP contribution in [0.3, 0.4) is 0 Å². The molecular weight excluding hydrogens is 478 g/mol. The Labute approximate surface area is 215 Å². The van der Waals surface area contributed by atoms with Crippen LogP contribution < -0.4 is 10.2 Å². The molecule has 0 spiro atoms. The lowest BCUT2D eigenvalue weighted by atomic mass is 10.0. The van der Waals surface area contributed by atoms with E-state index in [0.29, 0.717) is 36.5 Å². The second kappa shape index (κ2) is 9.76. The fourth-order valence-electron chi connectivity index (χ4n) is 5.43. The molecule has 36 heavy (non-hydrogen) atoms. The molecule has 2 heterocycles. The van der Waals surface area contributed by atoms with E-state index in [1.54, 1.807) is 11.0 Å². The first-order valence-corrected chi connectivity index (χ1v) is 11.9. The number of cyclic esters (lactones) is 1. The summed E-state index contributed by atoms with van der Waals surface area (Å²) >= 11 is 0. The van der Waals surface area contributed by atoms with Crippen LogP contribution in [-0.2, 0) is 16.1 Å². The second-order valence-electron chi connectivity index (χ2n) is 9.21. The third-order valence-corrected chi connectivity index (χ3v) is 7.11. The highest BCUT2D eigenvalue weighted by Crippen LogP contribution is 2.41. The monoisotopic (exact) mass is 503 g/mol. The lowest BCUT2D eigenvalue weighted by Gasteiger charge is -2.40. The Morgan fingerprint density at radius 3 is 2.39 bits per heavy atom. The van der Waals surface area contributed by atoms with Gasteiger partial charge in [0.1, 0.15) is 6.61 Å². The normalized spacial score (nSPS) is 16.9. The number of fused-ring (bicyclic) bond motifs is 4. The lowest BCUT2D eigenvalue weighted by Crippen LogP contribution is -2.50. The molecule has 184 valence electrons. The molecule has 0 unspecified atom stereocenters. The molecule has 8 heteroatoms. The average Bonchev–Trinajstić information content (AvgIpc) is 3.18. The first kappa shape index (κ1) is 24.0. The van der Waals surface area contributed by atoms with E-state index in [1.807, 2.05) is 60.7 Å². The van der Waals surface area contributed by atoms with Crippen LogP contribution in [0, 0.1) is 0 Å². The van der Waals surface area contributed by atoms with Crippen LogP contribution in [0.25, 0.3) is 11.1 Å². The summed E-state index contributed by atoms with van der Waals surface area (Å²) in [6.07, 6.45) is 1.23.